The first kappa shape index (κ1) is 29.2. The summed E-state index contributed by atoms with van der Waals surface area (Å²) >= 11 is 3.09. The van der Waals surface area contributed by atoms with Crippen molar-refractivity contribution >= 4 is 51.0 Å². The third-order valence-electron chi connectivity index (χ3n) is 7.75. The van der Waals surface area contributed by atoms with Crippen LogP contribution in [0.5, 0.6) is 5.75 Å². The molecule has 0 aliphatic heterocycles. The summed E-state index contributed by atoms with van der Waals surface area (Å²) in [6.07, 6.45) is -0.252. The summed E-state index contributed by atoms with van der Waals surface area (Å²) in [5, 5.41) is 55.9. The first-order valence-electron chi connectivity index (χ1n) is 12.3. The van der Waals surface area contributed by atoms with Crippen molar-refractivity contribution in [1.82, 2.24) is 4.90 Å². The number of fused-ring (bicyclic) bond motifs is 3. The molecule has 0 fully saturated rings. The van der Waals surface area contributed by atoms with Crippen LogP contribution in [-0.4, -0.2) is 90.3 Å². The number of nitrogens with two attached hydrogens (primary N) is 1. The van der Waals surface area contributed by atoms with Gasteiger partial charge in [0.15, 0.2) is 17.1 Å². The molecule has 3 unspecified atom stereocenters. The number of hydrogen-bond donors (Lipinski definition) is 7. The number of Topliss-reactive ketones (excluding diaryl/α,β-unsaturated/α-hetero) is 2. The summed E-state index contributed by atoms with van der Waals surface area (Å²) in [6.45, 7) is 0. The quantitative estimate of drug-likeness (QED) is 0.127. The molecule has 4 rings (SSSR count). The molecule has 0 spiro atoms. The number of rotatable bonds is 7. The minimum Gasteiger partial charge on any atom is -0.510 e. The smallest absolute Gasteiger partial charge is 0.303 e. The van der Waals surface area contributed by atoms with Gasteiger partial charge in [-0.1, -0.05) is 22.0 Å². The van der Waals surface area contributed by atoms with Gasteiger partial charge in [-0.25, -0.2) is 0 Å². The lowest BCUT2D eigenvalue weighted by molar-refractivity contribution is -0.148. The van der Waals surface area contributed by atoms with Crippen molar-refractivity contribution in [3.05, 3.63) is 45.9 Å². The number of halogens is 1. The summed E-state index contributed by atoms with van der Waals surface area (Å²) in [4.78, 5) is 62.9. The second-order valence-corrected chi connectivity index (χ2v) is 11.5. The number of allylic oxidation sites excluding steroid dienone is 1. The number of ketones is 2. The van der Waals surface area contributed by atoms with Crippen molar-refractivity contribution in [2.75, 3.05) is 19.4 Å². The number of alkyl halides is 1. The van der Waals surface area contributed by atoms with Crippen molar-refractivity contribution in [3.63, 3.8) is 0 Å². The van der Waals surface area contributed by atoms with E-state index in [1.807, 2.05) is 0 Å². The summed E-state index contributed by atoms with van der Waals surface area (Å²) in [5.74, 6) is -9.40. The number of aliphatic hydroxyl groups is 3. The van der Waals surface area contributed by atoms with E-state index >= 15 is 0 Å². The molecule has 1 aromatic carbocycles. The Bertz CT molecular complexity index is 1420. The number of anilines is 1. The monoisotopic (exact) mass is 621 g/mol. The Morgan fingerprint density at radius 2 is 1.85 bits per heavy atom. The zero-order valence-electron chi connectivity index (χ0n) is 21.5. The lowest BCUT2D eigenvalue weighted by Gasteiger charge is -2.50. The molecule has 13 nitrogen and oxygen atoms in total. The Balaban J connectivity index is 1.77. The number of amides is 2. The number of aliphatic carboxylic acids is 1. The molecule has 0 aromatic heterocycles. The molecule has 214 valence electrons. The number of phenolic OH excluding ortho intramolecular Hbond substituents is 1. The van der Waals surface area contributed by atoms with Crippen molar-refractivity contribution < 1.29 is 49.5 Å². The fourth-order valence-corrected chi connectivity index (χ4v) is 6.26. The molecule has 2 amide bonds. The largest absolute Gasteiger partial charge is 0.510 e. The number of carbonyl (C=O) groups excluding carboxylic acids is 4. The van der Waals surface area contributed by atoms with Gasteiger partial charge in [-0.2, -0.15) is 0 Å². The topological polar surface area (TPSA) is 228 Å². The van der Waals surface area contributed by atoms with Crippen LogP contribution in [0.4, 0.5) is 5.69 Å². The van der Waals surface area contributed by atoms with E-state index < -0.39 is 80.5 Å². The number of carboxylic acids is 1. The lowest BCUT2D eigenvalue weighted by Crippen LogP contribution is -2.63. The number of hydrogen-bond acceptors (Lipinski definition) is 10. The number of aromatic hydroxyl groups is 1. The van der Waals surface area contributed by atoms with Crippen LogP contribution in [0.25, 0.3) is 0 Å². The van der Waals surface area contributed by atoms with Crippen LogP contribution in [0.2, 0.25) is 0 Å². The molecule has 1 aromatic rings. The lowest BCUT2D eigenvalue weighted by atomic mass is 9.58. The van der Waals surface area contributed by atoms with Gasteiger partial charge in [0.1, 0.15) is 17.1 Å². The average molecular weight is 622 g/mol. The standard InChI is InChI=1S/C26H28BrN3O10/c1-30(2)18-11-8-10-7-9-3-5-13(29-25(39)12(27)4-6-14(31)32)19(33)15(9)20(34)16(10)22(36)26(11,40)23(37)17(21(18)35)24(28)38/h3,5,10-12,18,33,35-36,40H,4,6-8H2,1-2H3,(H2,28,38)(H,29,39)(H,31,32)/t10?,11?,12?,18-,26-/m0/s1. The van der Waals surface area contributed by atoms with Crippen molar-refractivity contribution in [3.8, 4) is 5.75 Å². The van der Waals surface area contributed by atoms with Crippen LogP contribution in [0, 0.1) is 11.8 Å². The maximum absolute atomic E-state index is 13.7. The van der Waals surface area contributed by atoms with E-state index in [1.165, 1.54) is 17.0 Å². The number of primary amides is 1. The Labute approximate surface area is 236 Å². The predicted octanol–water partition coefficient (Wildman–Crippen LogP) is 0.687. The molecule has 0 heterocycles. The summed E-state index contributed by atoms with van der Waals surface area (Å²) in [6, 6.07) is 1.80. The molecule has 0 saturated heterocycles. The van der Waals surface area contributed by atoms with Gasteiger partial charge in [-0.15, -0.1) is 0 Å². The number of nitrogens with one attached hydrogen (secondary N) is 1. The van der Waals surface area contributed by atoms with Gasteiger partial charge in [0.05, 0.1) is 22.1 Å². The van der Waals surface area contributed by atoms with E-state index in [4.69, 9.17) is 10.8 Å². The molecule has 5 atom stereocenters. The van der Waals surface area contributed by atoms with Crippen molar-refractivity contribution in [1.29, 1.82) is 0 Å². The maximum atomic E-state index is 13.7. The molecule has 0 radical (unpaired) electrons. The molecule has 14 heteroatoms. The Hall–Kier alpha value is -3.75. The fourth-order valence-electron chi connectivity index (χ4n) is 5.92. The van der Waals surface area contributed by atoms with Crippen LogP contribution >= 0.6 is 15.9 Å². The summed E-state index contributed by atoms with van der Waals surface area (Å²) < 4.78 is 0. The van der Waals surface area contributed by atoms with Crippen molar-refractivity contribution in [2.24, 2.45) is 17.6 Å². The predicted molar refractivity (Wildman–Crippen MR) is 142 cm³/mol. The number of likely N-dealkylation sites (N-methyl/N-ethyl adjacent to an activating group) is 1. The van der Waals surface area contributed by atoms with Gasteiger partial charge in [0, 0.05) is 17.9 Å². The first-order valence-corrected chi connectivity index (χ1v) is 13.2. The molecule has 3 aliphatic rings. The van der Waals surface area contributed by atoms with Crippen LogP contribution in [0.15, 0.2) is 34.8 Å². The SMILES string of the molecule is CN(C)[C@@H]1C(O)=C(C(N)=O)C(=O)[C@@]2(O)C(O)=C3C(=O)c4c(ccc(NC(=O)C(Br)CCC(=O)O)c4O)CC3CC12. The van der Waals surface area contributed by atoms with Crippen molar-refractivity contribution in [2.45, 2.75) is 42.2 Å². The Kier molecular flexibility index (Phi) is 7.56. The second kappa shape index (κ2) is 10.3. The second-order valence-electron chi connectivity index (χ2n) is 10.3. The Morgan fingerprint density at radius 3 is 2.42 bits per heavy atom. The van der Waals surface area contributed by atoms with Crippen LogP contribution in [0.3, 0.4) is 0 Å². The van der Waals surface area contributed by atoms with Gasteiger partial charge in [0.2, 0.25) is 11.7 Å². The van der Waals surface area contributed by atoms with Gasteiger partial charge < -0.3 is 36.6 Å². The first-order chi connectivity index (χ1) is 18.6. The van der Waals surface area contributed by atoms with E-state index in [-0.39, 0.29) is 42.5 Å². The molecule has 0 bridgehead atoms. The fraction of sp³-hybridized carbons (Fsp3) is 0.423. The van der Waals surface area contributed by atoms with Gasteiger partial charge in [0.25, 0.3) is 5.91 Å². The maximum Gasteiger partial charge on any atom is 0.303 e. The molecule has 40 heavy (non-hydrogen) atoms. The highest BCUT2D eigenvalue weighted by atomic mass is 79.9. The van der Waals surface area contributed by atoms with E-state index in [2.05, 4.69) is 21.2 Å². The van der Waals surface area contributed by atoms with Gasteiger partial charge in [-0.3, -0.25) is 28.9 Å². The molecule has 3 aliphatic carbocycles. The third-order valence-corrected chi connectivity index (χ3v) is 8.62. The highest BCUT2D eigenvalue weighted by Gasteiger charge is 2.63. The zero-order valence-corrected chi connectivity index (χ0v) is 23.1. The van der Waals surface area contributed by atoms with E-state index in [9.17, 15) is 44.4 Å². The summed E-state index contributed by atoms with van der Waals surface area (Å²) in [7, 11) is 3.08. The minimum absolute atomic E-state index is 0.0345. The van der Waals surface area contributed by atoms with Crippen LogP contribution in [-0.2, 0) is 25.6 Å². The minimum atomic E-state index is -2.75. The molecular weight excluding hydrogens is 594 g/mol. The number of aliphatic hydroxyl groups excluding tert-OH is 2. The number of nitrogens with zero attached hydrogens (tertiary/aromatic N) is 1. The highest BCUT2D eigenvalue weighted by Crippen LogP contribution is 2.52. The van der Waals surface area contributed by atoms with Crippen LogP contribution in [0.1, 0.15) is 35.2 Å². The van der Waals surface area contributed by atoms with Gasteiger partial charge in [-0.05, 0) is 50.9 Å². The van der Waals surface area contributed by atoms with E-state index in [1.54, 1.807) is 14.1 Å². The third kappa shape index (κ3) is 4.45. The average Bonchev–Trinajstić information content (AvgIpc) is 2.85. The number of carboxylic acid groups (broad SMARTS) is 1. The van der Waals surface area contributed by atoms with E-state index in [0.29, 0.717) is 5.56 Å². The highest BCUT2D eigenvalue weighted by molar-refractivity contribution is 9.10. The molecule has 0 saturated carbocycles. The summed E-state index contributed by atoms with van der Waals surface area (Å²) in [5.41, 5.74) is 1.34. The normalized spacial score (nSPS) is 26.7. The number of benzene rings is 1. The number of carbonyl (C=O) groups is 5. The Morgan fingerprint density at radius 1 is 1.20 bits per heavy atom. The molecule has 8 N–H and O–H groups in total. The zero-order chi connectivity index (χ0) is 29.8. The van der Waals surface area contributed by atoms with Gasteiger partial charge >= 0.3 is 5.97 Å². The molecular formula is C26H28BrN3O10. The van der Waals surface area contributed by atoms with Crippen LogP contribution < -0.4 is 11.1 Å². The van der Waals surface area contributed by atoms with E-state index in [0.717, 1.165) is 0 Å². The number of phenols is 1.